The van der Waals surface area contributed by atoms with Crippen molar-refractivity contribution in [1.82, 2.24) is 4.57 Å². The molecule has 0 amide bonds. The number of aromatic nitrogens is 2. The fourth-order valence-electron chi connectivity index (χ4n) is 4.64. The summed E-state index contributed by atoms with van der Waals surface area (Å²) < 4.78 is 4.76. The lowest BCUT2D eigenvalue weighted by Gasteiger charge is -2.18. The topological polar surface area (TPSA) is 8.81 Å². The van der Waals surface area contributed by atoms with Crippen molar-refractivity contribution in [2.75, 3.05) is 0 Å². The van der Waals surface area contributed by atoms with Crippen LogP contribution in [0.25, 0.3) is 39.2 Å². The van der Waals surface area contributed by atoms with Gasteiger partial charge in [0.1, 0.15) is 5.69 Å². The Hall–Kier alpha value is -3.65. The summed E-state index contributed by atoms with van der Waals surface area (Å²) in [7, 11) is 2.19. The number of benzene rings is 4. The van der Waals surface area contributed by atoms with Gasteiger partial charge in [0.15, 0.2) is 11.0 Å². The Bertz CT molecular complexity index is 1440. The van der Waals surface area contributed by atoms with E-state index in [1.807, 2.05) is 0 Å². The Labute approximate surface area is 196 Å². The van der Waals surface area contributed by atoms with Gasteiger partial charge >= 0.3 is 0 Å². The van der Waals surface area contributed by atoms with Crippen molar-refractivity contribution < 1.29 is 4.57 Å². The summed E-state index contributed by atoms with van der Waals surface area (Å²) in [5.41, 5.74) is 10.1. The molecule has 0 aliphatic heterocycles. The Kier molecular flexibility index (Phi) is 5.17. The van der Waals surface area contributed by atoms with Crippen LogP contribution >= 0.6 is 0 Å². The van der Waals surface area contributed by atoms with Crippen molar-refractivity contribution in [2.24, 2.45) is 7.05 Å². The molecule has 164 valence electrons. The van der Waals surface area contributed by atoms with Crippen molar-refractivity contribution in [2.45, 2.75) is 33.1 Å². The molecule has 0 fully saturated rings. The number of hydrogen-bond acceptors (Lipinski definition) is 0. The first kappa shape index (κ1) is 21.2. The van der Waals surface area contributed by atoms with E-state index in [0.29, 0.717) is 0 Å². The van der Waals surface area contributed by atoms with Crippen LogP contribution in [0.5, 0.6) is 0 Å². The minimum absolute atomic E-state index is 0.0966. The molecule has 2 nitrogen and oxygen atoms in total. The van der Waals surface area contributed by atoms with Crippen LogP contribution in [0.15, 0.2) is 97.1 Å². The highest BCUT2D eigenvalue weighted by Gasteiger charge is 2.28. The summed E-state index contributed by atoms with van der Waals surface area (Å²) in [6, 6.07) is 35.0. The molecule has 0 aliphatic rings. The van der Waals surface area contributed by atoms with Gasteiger partial charge in [-0.3, -0.25) is 0 Å². The number of nitrogens with zero attached hydrogens (tertiary/aromatic N) is 2. The molecule has 0 aliphatic carbocycles. The van der Waals surface area contributed by atoms with Crippen molar-refractivity contribution in [3.8, 4) is 28.2 Å². The van der Waals surface area contributed by atoms with Crippen molar-refractivity contribution >= 4 is 11.0 Å². The molecule has 0 radical (unpaired) electrons. The van der Waals surface area contributed by atoms with Gasteiger partial charge in [-0.15, -0.1) is 0 Å². The van der Waals surface area contributed by atoms with E-state index in [4.69, 9.17) is 0 Å². The number of aryl methyl sites for hydroxylation is 2. The molecule has 1 heterocycles. The van der Waals surface area contributed by atoms with E-state index >= 15 is 0 Å². The van der Waals surface area contributed by atoms with E-state index in [2.05, 4.69) is 141 Å². The molecule has 0 spiro atoms. The smallest absolute Gasteiger partial charge is 0.225 e. The molecule has 0 N–H and O–H groups in total. The maximum atomic E-state index is 2.40. The summed E-state index contributed by atoms with van der Waals surface area (Å²) in [5.74, 6) is 1.19. The Morgan fingerprint density at radius 2 is 1.36 bits per heavy atom. The number of rotatable bonds is 3. The van der Waals surface area contributed by atoms with Crippen molar-refractivity contribution in [1.29, 1.82) is 0 Å². The average Bonchev–Trinajstić information content (AvgIpc) is 3.11. The maximum absolute atomic E-state index is 2.40. The summed E-state index contributed by atoms with van der Waals surface area (Å²) in [4.78, 5) is 0. The zero-order chi connectivity index (χ0) is 23.2. The van der Waals surface area contributed by atoms with E-state index in [0.717, 1.165) is 0 Å². The summed E-state index contributed by atoms with van der Waals surface area (Å²) in [6.45, 7) is 9.03. The Balaban J connectivity index is 1.84. The largest absolute Gasteiger partial charge is 0.295 e. The van der Waals surface area contributed by atoms with E-state index in [1.54, 1.807) is 0 Å². The van der Waals surface area contributed by atoms with Gasteiger partial charge in [-0.1, -0.05) is 87.5 Å². The second-order valence-electron chi connectivity index (χ2n) is 9.90. The lowest BCUT2D eigenvalue weighted by molar-refractivity contribution is -0.633. The first-order chi connectivity index (χ1) is 15.8. The van der Waals surface area contributed by atoms with Crippen LogP contribution in [0.2, 0.25) is 0 Å². The van der Waals surface area contributed by atoms with Gasteiger partial charge < -0.3 is 0 Å². The van der Waals surface area contributed by atoms with Crippen LogP contribution < -0.4 is 4.57 Å². The molecule has 2 heteroatoms. The summed E-state index contributed by atoms with van der Waals surface area (Å²) >= 11 is 0. The molecule has 5 rings (SSSR count). The van der Waals surface area contributed by atoms with Gasteiger partial charge in [0, 0.05) is 0 Å². The van der Waals surface area contributed by atoms with Crippen LogP contribution in [0, 0.1) is 6.92 Å². The van der Waals surface area contributed by atoms with Gasteiger partial charge in [-0.05, 0) is 64.9 Å². The number of para-hydroxylation sites is 1. The van der Waals surface area contributed by atoms with Gasteiger partial charge in [0.2, 0.25) is 0 Å². The molecular weight excluding hydrogens is 400 g/mol. The van der Waals surface area contributed by atoms with Crippen LogP contribution in [-0.2, 0) is 12.5 Å². The second-order valence-corrected chi connectivity index (χ2v) is 9.90. The normalized spacial score (nSPS) is 11.8. The van der Waals surface area contributed by atoms with Crippen molar-refractivity contribution in [3.63, 3.8) is 0 Å². The number of imidazole rings is 1. The Morgan fingerprint density at radius 3 is 2.03 bits per heavy atom. The SMILES string of the molecule is Cc1ccc(-c2ccccc2)cc1-c1n(-c2ccccc2)c2ccc(C(C)(C)C)cc2[n+]1C. The molecule has 0 atom stereocenters. The third kappa shape index (κ3) is 3.76. The quantitative estimate of drug-likeness (QED) is 0.263. The molecule has 0 saturated heterocycles. The Morgan fingerprint density at radius 1 is 0.697 bits per heavy atom. The maximum Gasteiger partial charge on any atom is 0.295 e. The summed E-state index contributed by atoms with van der Waals surface area (Å²) in [6.07, 6.45) is 0. The summed E-state index contributed by atoms with van der Waals surface area (Å²) in [5, 5.41) is 0. The molecule has 1 aromatic heterocycles. The lowest BCUT2D eigenvalue weighted by Crippen LogP contribution is -2.30. The number of fused-ring (bicyclic) bond motifs is 1. The van der Waals surface area contributed by atoms with Gasteiger partial charge in [-0.2, -0.15) is 4.57 Å². The van der Waals surface area contributed by atoms with Gasteiger partial charge in [-0.25, -0.2) is 4.57 Å². The third-order valence-corrected chi connectivity index (χ3v) is 6.57. The molecular formula is C31H31N2+. The van der Waals surface area contributed by atoms with E-state index in [1.165, 1.54) is 50.4 Å². The van der Waals surface area contributed by atoms with E-state index in [9.17, 15) is 0 Å². The standard InChI is InChI=1S/C31H31N2/c1-22-16-17-24(23-12-8-6-9-13-23)20-27(22)30-32(5)29-21-25(31(2,3)4)18-19-28(29)33(30)26-14-10-7-11-15-26/h6-21H,1-5H3/q+1. The second kappa shape index (κ2) is 8.04. The molecule has 0 unspecified atom stereocenters. The van der Waals surface area contributed by atoms with Crippen LogP contribution in [0.4, 0.5) is 0 Å². The number of hydrogen-bond donors (Lipinski definition) is 0. The minimum Gasteiger partial charge on any atom is -0.225 e. The fourth-order valence-corrected chi connectivity index (χ4v) is 4.64. The highest BCUT2D eigenvalue weighted by Crippen LogP contribution is 2.34. The molecule has 33 heavy (non-hydrogen) atoms. The first-order valence-corrected chi connectivity index (χ1v) is 11.6. The van der Waals surface area contributed by atoms with Crippen molar-refractivity contribution in [3.05, 3.63) is 108 Å². The predicted molar refractivity (Wildman–Crippen MR) is 139 cm³/mol. The van der Waals surface area contributed by atoms with Gasteiger partial charge in [0.05, 0.1) is 12.6 Å². The lowest BCUT2D eigenvalue weighted by atomic mass is 9.87. The highest BCUT2D eigenvalue weighted by molar-refractivity contribution is 5.82. The van der Waals surface area contributed by atoms with E-state index in [-0.39, 0.29) is 5.41 Å². The molecule has 0 saturated carbocycles. The predicted octanol–water partition coefficient (Wildman–Crippen LogP) is 7.39. The minimum atomic E-state index is 0.0966. The molecule has 0 bridgehead atoms. The molecule has 4 aromatic carbocycles. The zero-order valence-corrected chi connectivity index (χ0v) is 20.1. The average molecular weight is 432 g/mol. The van der Waals surface area contributed by atoms with Crippen LogP contribution in [-0.4, -0.2) is 4.57 Å². The van der Waals surface area contributed by atoms with Gasteiger partial charge in [0.25, 0.3) is 5.82 Å². The monoisotopic (exact) mass is 431 g/mol. The highest BCUT2D eigenvalue weighted by atomic mass is 15.2. The third-order valence-electron chi connectivity index (χ3n) is 6.57. The first-order valence-electron chi connectivity index (χ1n) is 11.6. The fraction of sp³-hybridized carbons (Fsp3) is 0.194. The zero-order valence-electron chi connectivity index (χ0n) is 20.1. The molecule has 5 aromatic rings. The van der Waals surface area contributed by atoms with Crippen LogP contribution in [0.1, 0.15) is 31.9 Å². The van der Waals surface area contributed by atoms with E-state index < -0.39 is 0 Å². The van der Waals surface area contributed by atoms with Crippen LogP contribution in [0.3, 0.4) is 0 Å².